The van der Waals surface area contributed by atoms with Gasteiger partial charge in [0.15, 0.2) is 0 Å². The molecule has 0 saturated carbocycles. The van der Waals surface area contributed by atoms with Gasteiger partial charge in [0.25, 0.3) is 0 Å². The van der Waals surface area contributed by atoms with Crippen LogP contribution in [-0.4, -0.2) is 33.1 Å². The molecule has 1 aliphatic rings. The second kappa shape index (κ2) is 2.84. The Hall–Kier alpha value is -0.313. The van der Waals surface area contributed by atoms with Crippen LogP contribution >= 0.6 is 0 Å². The van der Waals surface area contributed by atoms with Crippen LogP contribution in [0.1, 0.15) is 34.6 Å². The van der Waals surface area contributed by atoms with Crippen molar-refractivity contribution in [1.82, 2.24) is 4.90 Å². The van der Waals surface area contributed by atoms with Gasteiger partial charge in [0.2, 0.25) is 5.91 Å². The smallest absolute Gasteiger partial charge is 0.225 e. The Balaban J connectivity index is 2.93. The van der Waals surface area contributed by atoms with Crippen molar-refractivity contribution in [2.75, 3.05) is 6.54 Å². The summed E-state index contributed by atoms with van der Waals surface area (Å²) < 4.78 is 0. The highest BCUT2D eigenvalue weighted by Crippen LogP contribution is 2.42. The molecule has 1 amide bonds. The number of likely N-dealkylation sites (tertiary alicyclic amines) is 1. The fraction of sp³-hybridized carbons (Fsp3) is 0.900. The Morgan fingerprint density at radius 1 is 1.54 bits per heavy atom. The summed E-state index contributed by atoms with van der Waals surface area (Å²) in [5, 5.41) is -0.0344. The summed E-state index contributed by atoms with van der Waals surface area (Å²) in [6.45, 7) is 11.6. The molecule has 0 radical (unpaired) electrons. The van der Waals surface area contributed by atoms with Crippen LogP contribution in [0, 0.1) is 5.92 Å². The van der Waals surface area contributed by atoms with Gasteiger partial charge in [-0.05, 0) is 26.7 Å². The van der Waals surface area contributed by atoms with Crippen molar-refractivity contribution in [2.45, 2.75) is 45.2 Å². The maximum absolute atomic E-state index is 12.0. The first-order valence-corrected chi connectivity index (χ1v) is 5.99. The Labute approximate surface area is 84.1 Å². The predicted octanol–water partition coefficient (Wildman–Crippen LogP) is 0.807. The maximum Gasteiger partial charge on any atom is 0.225 e. The first kappa shape index (κ1) is 10.8. The maximum atomic E-state index is 12.0. The number of hydrogen-bond donors (Lipinski definition) is 0. The summed E-state index contributed by atoms with van der Waals surface area (Å²) in [6.07, 6.45) is 0. The molecule has 76 valence electrons. The standard InChI is InChI=1S/C10H21NOSi/c1-7-6-11(9(2,3)4)8(12)10(7,5)13/h7H,6H2,1-5,13H3. The Morgan fingerprint density at radius 3 is 2.15 bits per heavy atom. The molecular weight excluding hydrogens is 178 g/mol. The van der Waals surface area contributed by atoms with E-state index in [2.05, 4.69) is 34.6 Å². The van der Waals surface area contributed by atoms with Gasteiger partial charge in [0.1, 0.15) is 0 Å². The lowest BCUT2D eigenvalue weighted by Gasteiger charge is -2.33. The molecule has 0 aromatic rings. The van der Waals surface area contributed by atoms with E-state index in [4.69, 9.17) is 0 Å². The van der Waals surface area contributed by atoms with Gasteiger partial charge < -0.3 is 4.90 Å². The van der Waals surface area contributed by atoms with Gasteiger partial charge >= 0.3 is 0 Å². The predicted molar refractivity (Wildman–Crippen MR) is 58.9 cm³/mol. The molecule has 1 aliphatic heterocycles. The van der Waals surface area contributed by atoms with Crippen molar-refractivity contribution in [2.24, 2.45) is 5.92 Å². The minimum atomic E-state index is -0.0344. The first-order chi connectivity index (χ1) is 5.67. The van der Waals surface area contributed by atoms with Crippen molar-refractivity contribution in [3.63, 3.8) is 0 Å². The number of amides is 1. The number of carbonyl (C=O) groups excluding carboxylic acids is 1. The lowest BCUT2D eigenvalue weighted by Crippen LogP contribution is -2.43. The Morgan fingerprint density at radius 2 is 2.00 bits per heavy atom. The molecule has 0 N–H and O–H groups in total. The van der Waals surface area contributed by atoms with Crippen molar-refractivity contribution in [3.05, 3.63) is 0 Å². The van der Waals surface area contributed by atoms with E-state index < -0.39 is 0 Å². The largest absolute Gasteiger partial charge is 0.337 e. The highest BCUT2D eigenvalue weighted by molar-refractivity contribution is 6.28. The van der Waals surface area contributed by atoms with E-state index in [1.165, 1.54) is 0 Å². The molecule has 3 heteroatoms. The monoisotopic (exact) mass is 199 g/mol. The average Bonchev–Trinajstić information content (AvgIpc) is 2.12. The van der Waals surface area contributed by atoms with Crippen LogP contribution < -0.4 is 0 Å². The zero-order chi connectivity index (χ0) is 10.4. The Kier molecular flexibility index (Phi) is 2.35. The third-order valence-corrected chi connectivity index (χ3v) is 4.71. The van der Waals surface area contributed by atoms with E-state index in [0.717, 1.165) is 16.8 Å². The molecule has 0 bridgehead atoms. The molecule has 1 saturated heterocycles. The second-order valence-electron chi connectivity index (χ2n) is 5.71. The normalized spacial score (nSPS) is 35.9. The number of carbonyl (C=O) groups is 1. The Bertz CT molecular complexity index is 230. The summed E-state index contributed by atoms with van der Waals surface area (Å²) in [4.78, 5) is 14.1. The van der Waals surface area contributed by atoms with Crippen molar-refractivity contribution in [1.29, 1.82) is 0 Å². The van der Waals surface area contributed by atoms with Crippen LogP contribution in [0.2, 0.25) is 5.04 Å². The summed E-state index contributed by atoms with van der Waals surface area (Å²) >= 11 is 0. The molecule has 0 spiro atoms. The molecule has 1 heterocycles. The quantitative estimate of drug-likeness (QED) is 0.529. The third-order valence-electron chi connectivity index (χ3n) is 3.29. The van der Waals surface area contributed by atoms with Crippen molar-refractivity contribution in [3.8, 4) is 0 Å². The highest BCUT2D eigenvalue weighted by atomic mass is 28.1. The van der Waals surface area contributed by atoms with Gasteiger partial charge in [0, 0.05) is 27.4 Å². The fourth-order valence-corrected chi connectivity index (χ4v) is 2.17. The molecule has 2 unspecified atom stereocenters. The highest BCUT2D eigenvalue weighted by Gasteiger charge is 2.47. The van der Waals surface area contributed by atoms with Gasteiger partial charge in [-0.1, -0.05) is 13.8 Å². The molecule has 1 fully saturated rings. The van der Waals surface area contributed by atoms with Gasteiger partial charge in [-0.3, -0.25) is 4.79 Å². The van der Waals surface area contributed by atoms with E-state index in [0.29, 0.717) is 11.8 Å². The number of hydrogen-bond acceptors (Lipinski definition) is 1. The second-order valence-corrected chi connectivity index (χ2v) is 7.79. The molecule has 2 nitrogen and oxygen atoms in total. The van der Waals surface area contributed by atoms with E-state index >= 15 is 0 Å². The summed E-state index contributed by atoms with van der Waals surface area (Å²) in [7, 11) is 0.960. The molecular formula is C10H21NOSi. The molecule has 2 atom stereocenters. The molecule has 0 aromatic carbocycles. The zero-order valence-electron chi connectivity index (χ0n) is 9.64. The third kappa shape index (κ3) is 1.66. The minimum Gasteiger partial charge on any atom is -0.337 e. The zero-order valence-corrected chi connectivity index (χ0v) is 11.6. The van der Waals surface area contributed by atoms with Crippen LogP contribution in [-0.2, 0) is 4.79 Å². The van der Waals surface area contributed by atoms with Crippen molar-refractivity contribution < 1.29 is 4.79 Å². The summed E-state index contributed by atoms with van der Waals surface area (Å²) in [5.74, 6) is 0.880. The minimum absolute atomic E-state index is 0.00644. The van der Waals surface area contributed by atoms with Crippen LogP contribution in [0.3, 0.4) is 0 Å². The fourth-order valence-electron chi connectivity index (χ4n) is 1.72. The van der Waals surface area contributed by atoms with Crippen LogP contribution in [0.25, 0.3) is 0 Å². The average molecular weight is 199 g/mol. The first-order valence-electron chi connectivity index (χ1n) is 4.99. The van der Waals surface area contributed by atoms with E-state index in [1.54, 1.807) is 0 Å². The van der Waals surface area contributed by atoms with E-state index in [9.17, 15) is 4.79 Å². The van der Waals surface area contributed by atoms with Gasteiger partial charge in [-0.2, -0.15) is 0 Å². The lowest BCUT2D eigenvalue weighted by molar-refractivity contribution is -0.133. The molecule has 0 aliphatic carbocycles. The summed E-state index contributed by atoms with van der Waals surface area (Å²) in [6, 6.07) is 0. The molecule has 0 aromatic heterocycles. The topological polar surface area (TPSA) is 20.3 Å². The van der Waals surface area contributed by atoms with E-state index in [-0.39, 0.29) is 10.6 Å². The number of nitrogens with zero attached hydrogens (tertiary/aromatic N) is 1. The van der Waals surface area contributed by atoms with E-state index in [1.807, 2.05) is 4.90 Å². The van der Waals surface area contributed by atoms with Crippen molar-refractivity contribution >= 4 is 16.1 Å². The summed E-state index contributed by atoms with van der Waals surface area (Å²) in [5.41, 5.74) is -0.00644. The lowest BCUT2D eigenvalue weighted by atomic mass is 9.99. The van der Waals surface area contributed by atoms with Crippen LogP contribution in [0.15, 0.2) is 0 Å². The SMILES string of the molecule is CC1CN(C(C)(C)C)C(=O)C1(C)[SiH3]. The molecule has 1 rings (SSSR count). The van der Waals surface area contributed by atoms with Gasteiger partial charge in [0.05, 0.1) is 0 Å². The van der Waals surface area contributed by atoms with Crippen LogP contribution in [0.4, 0.5) is 0 Å². The van der Waals surface area contributed by atoms with Gasteiger partial charge in [-0.25, -0.2) is 0 Å². The van der Waals surface area contributed by atoms with Gasteiger partial charge in [-0.15, -0.1) is 0 Å². The van der Waals surface area contributed by atoms with Crippen LogP contribution in [0.5, 0.6) is 0 Å². The number of rotatable bonds is 0. The molecule has 13 heavy (non-hydrogen) atoms.